The molecule has 1 amide bonds. The minimum atomic E-state index is -0.476. The average Bonchev–Trinajstić information content (AvgIpc) is 3.68. The van der Waals surface area contributed by atoms with Crippen LogP contribution in [0.15, 0.2) is 53.5 Å². The van der Waals surface area contributed by atoms with Crippen molar-refractivity contribution in [3.63, 3.8) is 0 Å². The largest absolute Gasteiger partial charge is 0.493 e. The lowest BCUT2D eigenvalue weighted by Gasteiger charge is -2.43. The highest BCUT2D eigenvalue weighted by atomic mass is 35.5. The molecule has 0 radical (unpaired) electrons. The van der Waals surface area contributed by atoms with Crippen LogP contribution in [-0.2, 0) is 12.0 Å². The van der Waals surface area contributed by atoms with E-state index in [9.17, 15) is 14.7 Å². The highest BCUT2D eigenvalue weighted by Crippen LogP contribution is 2.47. The number of aromatic nitrogens is 3. The van der Waals surface area contributed by atoms with Crippen LogP contribution in [0.25, 0.3) is 16.6 Å². The molecule has 0 unspecified atom stereocenters. The van der Waals surface area contributed by atoms with Crippen molar-refractivity contribution in [1.82, 2.24) is 24.3 Å². The lowest BCUT2D eigenvalue weighted by Crippen LogP contribution is -2.38. The fourth-order valence-electron chi connectivity index (χ4n) is 7.18. The maximum absolute atomic E-state index is 13.5. The maximum atomic E-state index is 13.5. The topological polar surface area (TPSA) is 95.3 Å². The third kappa shape index (κ3) is 4.57. The number of halogens is 1. The smallest absolute Gasteiger partial charge is 0.335 e. The molecule has 1 saturated carbocycles. The number of fused-ring (bicyclic) bond motifs is 2. The fraction of sp³-hybridized carbons (Fsp3) is 0.438. The molecule has 9 heteroatoms. The van der Waals surface area contributed by atoms with E-state index in [4.69, 9.17) is 11.6 Å². The zero-order valence-corrected chi connectivity index (χ0v) is 23.9. The van der Waals surface area contributed by atoms with Gasteiger partial charge in [-0.2, -0.15) is 0 Å². The van der Waals surface area contributed by atoms with Gasteiger partial charge in [0, 0.05) is 29.2 Å². The average molecular weight is 574 g/mol. The molecule has 2 aromatic heterocycles. The van der Waals surface area contributed by atoms with Crippen molar-refractivity contribution in [3.8, 4) is 11.6 Å². The number of nitrogens with zero attached hydrogens (tertiary/aromatic N) is 3. The highest BCUT2D eigenvalue weighted by Gasteiger charge is 2.39. The van der Waals surface area contributed by atoms with Crippen LogP contribution >= 0.6 is 11.6 Å². The van der Waals surface area contributed by atoms with Gasteiger partial charge in [-0.05, 0) is 99.8 Å². The van der Waals surface area contributed by atoms with Gasteiger partial charge in [0.15, 0.2) is 0 Å². The molecule has 7 rings (SSSR count). The number of amides is 1. The van der Waals surface area contributed by atoms with E-state index in [1.807, 2.05) is 18.2 Å². The number of H-pyrrole nitrogens is 1. The summed E-state index contributed by atoms with van der Waals surface area (Å²) < 4.78 is 2.99. The summed E-state index contributed by atoms with van der Waals surface area (Å²) in [5, 5.41) is 15.9. The molecular formula is C32H36ClN5O3. The Hall–Kier alpha value is -3.49. The Bertz CT molecular complexity index is 1660. The van der Waals surface area contributed by atoms with Gasteiger partial charge in [-0.25, -0.2) is 9.36 Å². The summed E-state index contributed by atoms with van der Waals surface area (Å²) in [6.45, 7) is 4.09. The van der Waals surface area contributed by atoms with Gasteiger partial charge in [-0.15, -0.1) is 0 Å². The van der Waals surface area contributed by atoms with Gasteiger partial charge < -0.3 is 20.3 Å². The summed E-state index contributed by atoms with van der Waals surface area (Å²) in [7, 11) is 0. The summed E-state index contributed by atoms with van der Waals surface area (Å²) in [5.74, 6) is -0.369. The van der Waals surface area contributed by atoms with E-state index in [1.165, 1.54) is 61.7 Å². The van der Waals surface area contributed by atoms with Crippen LogP contribution in [0, 0.1) is 0 Å². The summed E-state index contributed by atoms with van der Waals surface area (Å²) in [5.41, 5.74) is 3.64. The minimum Gasteiger partial charge on any atom is -0.493 e. The molecule has 4 heterocycles. The molecule has 2 aliphatic heterocycles. The van der Waals surface area contributed by atoms with E-state index in [0.717, 1.165) is 23.9 Å². The van der Waals surface area contributed by atoms with Crippen LogP contribution in [0.5, 0.6) is 5.88 Å². The van der Waals surface area contributed by atoms with Gasteiger partial charge >= 0.3 is 5.69 Å². The molecule has 214 valence electrons. The fourth-order valence-corrected chi connectivity index (χ4v) is 7.40. The first kappa shape index (κ1) is 26.4. The maximum Gasteiger partial charge on any atom is 0.335 e. The lowest BCUT2D eigenvalue weighted by molar-refractivity contribution is 0.0928. The third-order valence-corrected chi connectivity index (χ3v) is 10.0. The van der Waals surface area contributed by atoms with E-state index in [2.05, 4.69) is 27.3 Å². The number of nitrogens with one attached hydrogen (secondary N) is 2. The number of rotatable bonds is 7. The normalized spacial score (nSPS) is 20.2. The first-order valence-corrected chi connectivity index (χ1v) is 15.3. The van der Waals surface area contributed by atoms with E-state index >= 15 is 0 Å². The summed E-state index contributed by atoms with van der Waals surface area (Å²) >= 11 is 6.18. The Morgan fingerprint density at radius 1 is 1.05 bits per heavy atom. The van der Waals surface area contributed by atoms with Crippen LogP contribution < -0.4 is 11.0 Å². The van der Waals surface area contributed by atoms with Gasteiger partial charge in [-0.1, -0.05) is 36.2 Å². The SMILES string of the molecule is O=C(N[C@@H]1CCCn2c1c(O)n(-c1ccc(C3(CCN4CCCC4)CCC3)cc1)c2=O)c1ccc2c(Cl)c[nH]c2c1. The van der Waals surface area contributed by atoms with E-state index < -0.39 is 6.04 Å². The number of aromatic amines is 1. The molecule has 0 spiro atoms. The predicted octanol–water partition coefficient (Wildman–Crippen LogP) is 5.65. The number of imidazole rings is 1. The molecule has 0 bridgehead atoms. The van der Waals surface area contributed by atoms with Crippen LogP contribution in [-0.4, -0.2) is 49.7 Å². The number of carbonyl (C=O) groups is 1. The second-order valence-corrected chi connectivity index (χ2v) is 12.4. The standard InChI is InChI=1S/C32H36ClN5O3/c33-25-20-34-27-19-21(6-11-24(25)27)29(39)35-26-5-3-17-37-28(26)30(40)38(31(37)41)23-9-7-22(8-10-23)32(12-4-13-32)14-18-36-15-1-2-16-36/h6-11,19-20,26,34,40H,1-5,12-18H2,(H,35,39)/t26-/m1/s1. The minimum absolute atomic E-state index is 0.105. The Morgan fingerprint density at radius 2 is 1.83 bits per heavy atom. The molecule has 2 aromatic carbocycles. The molecule has 4 aromatic rings. The van der Waals surface area contributed by atoms with Gasteiger partial charge in [-0.3, -0.25) is 9.36 Å². The van der Waals surface area contributed by atoms with E-state index in [-0.39, 0.29) is 22.9 Å². The van der Waals surface area contributed by atoms with E-state index in [1.54, 1.807) is 22.9 Å². The van der Waals surface area contributed by atoms with Gasteiger partial charge in [0.05, 0.1) is 16.8 Å². The molecule has 1 saturated heterocycles. The Kier molecular flexibility index (Phi) is 6.70. The number of hydrogen-bond donors (Lipinski definition) is 3. The number of benzene rings is 2. The van der Waals surface area contributed by atoms with Crippen molar-refractivity contribution in [2.45, 2.75) is 69.4 Å². The van der Waals surface area contributed by atoms with Crippen molar-refractivity contribution < 1.29 is 9.90 Å². The van der Waals surface area contributed by atoms with Crippen LogP contribution in [0.3, 0.4) is 0 Å². The second-order valence-electron chi connectivity index (χ2n) is 12.0. The number of carbonyl (C=O) groups excluding carboxylic acids is 1. The highest BCUT2D eigenvalue weighted by molar-refractivity contribution is 6.35. The molecule has 1 aliphatic carbocycles. The third-order valence-electron chi connectivity index (χ3n) is 9.71. The molecular weight excluding hydrogens is 538 g/mol. The van der Waals surface area contributed by atoms with Crippen LogP contribution in [0.1, 0.15) is 79.0 Å². The van der Waals surface area contributed by atoms with Gasteiger partial charge in [0.25, 0.3) is 5.91 Å². The van der Waals surface area contributed by atoms with Gasteiger partial charge in [0.2, 0.25) is 5.88 Å². The van der Waals surface area contributed by atoms with Crippen molar-refractivity contribution >= 4 is 28.4 Å². The summed E-state index contributed by atoms with van der Waals surface area (Å²) in [4.78, 5) is 32.4. The zero-order valence-electron chi connectivity index (χ0n) is 23.2. The van der Waals surface area contributed by atoms with Gasteiger partial charge in [0.1, 0.15) is 5.69 Å². The summed E-state index contributed by atoms with van der Waals surface area (Å²) in [6.07, 6.45) is 10.5. The number of aromatic hydroxyl groups is 1. The lowest BCUT2D eigenvalue weighted by atomic mass is 9.62. The van der Waals surface area contributed by atoms with Crippen molar-refractivity contribution in [3.05, 3.63) is 81.0 Å². The second kappa shape index (κ2) is 10.4. The quantitative estimate of drug-likeness (QED) is 0.266. The van der Waals surface area contributed by atoms with Crippen molar-refractivity contribution in [2.24, 2.45) is 0 Å². The molecule has 3 aliphatic rings. The van der Waals surface area contributed by atoms with Crippen LogP contribution in [0.2, 0.25) is 5.02 Å². The Balaban J connectivity index is 1.13. The van der Waals surface area contributed by atoms with Crippen molar-refractivity contribution in [1.29, 1.82) is 0 Å². The Morgan fingerprint density at radius 3 is 2.56 bits per heavy atom. The summed E-state index contributed by atoms with van der Waals surface area (Å²) in [6, 6.07) is 13.0. The monoisotopic (exact) mass is 573 g/mol. The Labute approximate surface area is 243 Å². The molecule has 3 N–H and O–H groups in total. The molecule has 1 atom stereocenters. The first-order valence-electron chi connectivity index (χ1n) is 14.9. The van der Waals surface area contributed by atoms with E-state index in [0.29, 0.717) is 34.9 Å². The predicted molar refractivity (Wildman–Crippen MR) is 160 cm³/mol. The number of hydrogen-bond acceptors (Lipinski definition) is 4. The molecule has 41 heavy (non-hydrogen) atoms. The number of likely N-dealkylation sites (tertiary alicyclic amines) is 1. The zero-order chi connectivity index (χ0) is 28.1. The molecule has 2 fully saturated rings. The van der Waals surface area contributed by atoms with Crippen LogP contribution in [0.4, 0.5) is 0 Å². The van der Waals surface area contributed by atoms with Crippen molar-refractivity contribution in [2.75, 3.05) is 19.6 Å². The molecule has 8 nitrogen and oxygen atoms in total. The first-order chi connectivity index (χ1) is 19.9.